The van der Waals surface area contributed by atoms with Crippen LogP contribution < -0.4 is 10.6 Å². The maximum Gasteiger partial charge on any atom is 0.227 e. The molecule has 0 radical (unpaired) electrons. The molecule has 0 spiro atoms. The number of halogens is 1. The maximum atomic E-state index is 12.1. The highest BCUT2D eigenvalue weighted by Gasteiger charge is 2.38. The smallest absolute Gasteiger partial charge is 0.227 e. The molecule has 9 heteroatoms. The number of rotatable bonds is 8. The predicted octanol–water partition coefficient (Wildman–Crippen LogP) is 1.79. The average molecular weight is 402 g/mol. The van der Waals surface area contributed by atoms with Crippen LogP contribution in [0.15, 0.2) is 4.52 Å². The van der Waals surface area contributed by atoms with E-state index in [-0.39, 0.29) is 24.2 Å². The average Bonchev–Trinajstić information content (AvgIpc) is 2.97. The highest BCUT2D eigenvalue weighted by atomic mass is 35.5. The van der Waals surface area contributed by atoms with Crippen molar-refractivity contribution in [2.75, 3.05) is 27.2 Å². The van der Waals surface area contributed by atoms with Crippen molar-refractivity contribution < 1.29 is 14.1 Å². The topological polar surface area (TPSA) is 100 Å². The van der Waals surface area contributed by atoms with Gasteiger partial charge in [-0.2, -0.15) is 4.98 Å². The number of nitrogens with one attached hydrogen (secondary N) is 2. The number of likely N-dealkylation sites (N-methyl/N-ethyl adjacent to an activating group) is 2. The Morgan fingerprint density at radius 1 is 1.22 bits per heavy atom. The number of nitrogens with zero attached hydrogens (tertiary/aromatic N) is 3. The van der Waals surface area contributed by atoms with Gasteiger partial charge >= 0.3 is 0 Å². The summed E-state index contributed by atoms with van der Waals surface area (Å²) in [5.41, 5.74) is -0.544. The van der Waals surface area contributed by atoms with Gasteiger partial charge in [-0.25, -0.2) is 0 Å². The molecule has 0 atom stereocenters. The number of carbonyl (C=O) groups excluding carboxylic acids is 2. The summed E-state index contributed by atoms with van der Waals surface area (Å²) in [7, 11) is 3.65. The van der Waals surface area contributed by atoms with Crippen molar-refractivity contribution in [3.8, 4) is 0 Å². The van der Waals surface area contributed by atoms with E-state index >= 15 is 0 Å². The fourth-order valence-electron chi connectivity index (χ4n) is 3.43. The molecule has 1 heterocycles. The van der Waals surface area contributed by atoms with E-state index in [9.17, 15) is 9.59 Å². The third kappa shape index (κ3) is 6.77. The van der Waals surface area contributed by atoms with Crippen LogP contribution in [0, 0.1) is 0 Å². The number of aromatic nitrogens is 2. The maximum absolute atomic E-state index is 12.1. The van der Waals surface area contributed by atoms with Crippen LogP contribution >= 0.6 is 12.4 Å². The molecule has 2 rings (SSSR count). The summed E-state index contributed by atoms with van der Waals surface area (Å²) in [5.74, 6) is 0.954. The van der Waals surface area contributed by atoms with Crippen molar-refractivity contribution in [1.29, 1.82) is 0 Å². The van der Waals surface area contributed by atoms with Crippen LogP contribution in [-0.2, 0) is 21.5 Å². The lowest BCUT2D eigenvalue weighted by Gasteiger charge is -2.30. The second-order valence-corrected chi connectivity index (χ2v) is 7.11. The first-order valence-corrected chi connectivity index (χ1v) is 9.47. The zero-order valence-electron chi connectivity index (χ0n) is 16.5. The molecular formula is C18H32ClN5O3. The fourth-order valence-corrected chi connectivity index (χ4v) is 3.43. The van der Waals surface area contributed by atoms with E-state index in [0.717, 1.165) is 45.1 Å². The summed E-state index contributed by atoms with van der Waals surface area (Å²) in [6.45, 7) is 2.94. The van der Waals surface area contributed by atoms with Crippen molar-refractivity contribution in [3.05, 3.63) is 11.7 Å². The molecule has 1 fully saturated rings. The molecule has 0 unspecified atom stereocenters. The molecule has 0 aromatic carbocycles. The van der Waals surface area contributed by atoms with Crippen LogP contribution in [0.1, 0.15) is 63.6 Å². The Hall–Kier alpha value is -1.67. The van der Waals surface area contributed by atoms with E-state index in [1.165, 1.54) is 6.92 Å². The third-order valence-corrected chi connectivity index (χ3v) is 4.94. The molecule has 2 amide bonds. The lowest BCUT2D eigenvalue weighted by molar-refractivity contribution is -0.129. The van der Waals surface area contributed by atoms with E-state index in [0.29, 0.717) is 31.1 Å². The first kappa shape index (κ1) is 23.4. The molecule has 1 aromatic rings. The summed E-state index contributed by atoms with van der Waals surface area (Å²) in [6, 6.07) is 0. The van der Waals surface area contributed by atoms with Gasteiger partial charge in [0.25, 0.3) is 0 Å². The SMILES string of the molecule is CNCCN(C)C(=O)CCc1nc(C2(NC(C)=O)CCCCCC2)no1.Cl. The molecule has 1 aliphatic carbocycles. The fraction of sp³-hybridized carbons (Fsp3) is 0.778. The second-order valence-electron chi connectivity index (χ2n) is 7.11. The van der Waals surface area contributed by atoms with Crippen LogP contribution in [0.4, 0.5) is 0 Å². The molecule has 2 N–H and O–H groups in total. The predicted molar refractivity (Wildman–Crippen MR) is 105 cm³/mol. The molecule has 0 aliphatic heterocycles. The van der Waals surface area contributed by atoms with Gasteiger partial charge in [-0.3, -0.25) is 9.59 Å². The zero-order chi connectivity index (χ0) is 19.0. The van der Waals surface area contributed by atoms with E-state index < -0.39 is 5.54 Å². The van der Waals surface area contributed by atoms with Crippen LogP contribution in [0.2, 0.25) is 0 Å². The molecule has 154 valence electrons. The number of hydrogen-bond donors (Lipinski definition) is 2. The Balaban J connectivity index is 0.00000364. The molecule has 0 bridgehead atoms. The second kappa shape index (κ2) is 11.2. The summed E-state index contributed by atoms with van der Waals surface area (Å²) in [5, 5.41) is 10.2. The van der Waals surface area contributed by atoms with Gasteiger partial charge in [-0.05, 0) is 19.9 Å². The van der Waals surface area contributed by atoms with Gasteiger partial charge in [0.15, 0.2) is 5.82 Å². The summed E-state index contributed by atoms with van der Waals surface area (Å²) in [6.07, 6.45) is 6.73. The monoisotopic (exact) mass is 401 g/mol. The van der Waals surface area contributed by atoms with Crippen molar-refractivity contribution >= 4 is 24.2 Å². The highest BCUT2D eigenvalue weighted by molar-refractivity contribution is 5.85. The quantitative estimate of drug-likeness (QED) is 0.644. The zero-order valence-corrected chi connectivity index (χ0v) is 17.4. The van der Waals surface area contributed by atoms with E-state index in [1.807, 2.05) is 7.05 Å². The Morgan fingerprint density at radius 3 is 2.48 bits per heavy atom. The molecule has 0 saturated heterocycles. The third-order valence-electron chi connectivity index (χ3n) is 4.94. The van der Waals surface area contributed by atoms with Gasteiger partial charge in [0, 0.05) is 39.9 Å². The number of carbonyl (C=O) groups is 2. The normalized spacial score (nSPS) is 16.1. The minimum absolute atomic E-state index is 0. The van der Waals surface area contributed by atoms with Crippen LogP contribution in [0.3, 0.4) is 0 Å². The van der Waals surface area contributed by atoms with Crippen molar-refractivity contribution in [3.63, 3.8) is 0 Å². The Bertz CT molecular complexity index is 600. The van der Waals surface area contributed by atoms with Gasteiger partial charge in [-0.1, -0.05) is 30.8 Å². The van der Waals surface area contributed by atoms with Crippen molar-refractivity contribution in [1.82, 2.24) is 25.7 Å². The number of aryl methyl sites for hydroxylation is 1. The number of hydrogen-bond acceptors (Lipinski definition) is 6. The van der Waals surface area contributed by atoms with E-state index in [4.69, 9.17) is 4.52 Å². The Morgan fingerprint density at radius 2 is 1.89 bits per heavy atom. The largest absolute Gasteiger partial charge is 0.344 e. The Kier molecular flexibility index (Phi) is 9.73. The van der Waals surface area contributed by atoms with Crippen LogP contribution in [0.25, 0.3) is 0 Å². The molecule has 8 nitrogen and oxygen atoms in total. The van der Waals surface area contributed by atoms with Crippen LogP contribution in [0.5, 0.6) is 0 Å². The van der Waals surface area contributed by atoms with Gasteiger partial charge in [0.2, 0.25) is 17.7 Å². The molecule has 1 aromatic heterocycles. The first-order chi connectivity index (χ1) is 12.5. The lowest BCUT2D eigenvalue weighted by Crippen LogP contribution is -2.45. The minimum atomic E-state index is -0.544. The van der Waals surface area contributed by atoms with Gasteiger partial charge < -0.3 is 20.1 Å². The van der Waals surface area contributed by atoms with Crippen molar-refractivity contribution in [2.45, 2.75) is 63.8 Å². The van der Waals surface area contributed by atoms with Gasteiger partial charge in [0.05, 0.1) is 0 Å². The summed E-state index contributed by atoms with van der Waals surface area (Å²) in [4.78, 5) is 30.1. The Labute approximate surface area is 167 Å². The minimum Gasteiger partial charge on any atom is -0.344 e. The molecular weight excluding hydrogens is 370 g/mol. The molecule has 27 heavy (non-hydrogen) atoms. The highest BCUT2D eigenvalue weighted by Crippen LogP contribution is 2.34. The lowest BCUT2D eigenvalue weighted by atomic mass is 9.89. The van der Waals surface area contributed by atoms with Crippen molar-refractivity contribution in [2.24, 2.45) is 0 Å². The summed E-state index contributed by atoms with van der Waals surface area (Å²) < 4.78 is 5.38. The van der Waals surface area contributed by atoms with Gasteiger partial charge in [0.1, 0.15) is 5.54 Å². The first-order valence-electron chi connectivity index (χ1n) is 9.47. The van der Waals surface area contributed by atoms with Gasteiger partial charge in [-0.15, -0.1) is 12.4 Å². The van der Waals surface area contributed by atoms with E-state index in [1.54, 1.807) is 11.9 Å². The standard InChI is InChI=1S/C18H31N5O3.ClH/c1-14(24)21-18(10-6-4-5-7-11-18)17-20-15(26-22-17)8-9-16(25)23(3)13-12-19-2;/h19H,4-13H2,1-3H3,(H,21,24);1H. The molecule has 1 aliphatic rings. The molecule has 1 saturated carbocycles. The van der Waals surface area contributed by atoms with Crippen LogP contribution in [-0.4, -0.2) is 54.0 Å². The van der Waals surface area contributed by atoms with E-state index in [2.05, 4.69) is 20.8 Å². The summed E-state index contributed by atoms with van der Waals surface area (Å²) >= 11 is 0. The number of amides is 2.